The number of rotatable bonds is 7. The molecule has 2 aromatic rings. The minimum absolute atomic E-state index is 0.0791. The number of amides is 1. The van der Waals surface area contributed by atoms with Crippen molar-refractivity contribution in [1.29, 1.82) is 0 Å². The normalized spacial score (nSPS) is 16.6. The Morgan fingerprint density at radius 2 is 2.12 bits per heavy atom. The van der Waals surface area contributed by atoms with Gasteiger partial charge in [-0.25, -0.2) is 0 Å². The highest BCUT2D eigenvalue weighted by atomic mass is 79.9. The number of esters is 1. The molecule has 0 radical (unpaired) electrons. The molecule has 5 nitrogen and oxygen atoms in total. The van der Waals surface area contributed by atoms with Gasteiger partial charge in [0.15, 0.2) is 6.61 Å². The lowest BCUT2D eigenvalue weighted by molar-refractivity contribution is -0.146. The van der Waals surface area contributed by atoms with E-state index in [9.17, 15) is 9.59 Å². The molecule has 26 heavy (non-hydrogen) atoms. The van der Waals surface area contributed by atoms with Crippen LogP contribution in [0.25, 0.3) is 10.8 Å². The molecule has 2 aromatic carbocycles. The zero-order valence-corrected chi connectivity index (χ0v) is 16.6. The Hall–Kier alpha value is -1.57. The summed E-state index contributed by atoms with van der Waals surface area (Å²) in [6, 6.07) is 12.0. The van der Waals surface area contributed by atoms with Gasteiger partial charge in [-0.2, -0.15) is 0 Å². The lowest BCUT2D eigenvalue weighted by atomic mass is 10.1. The van der Waals surface area contributed by atoms with Gasteiger partial charge in [-0.05, 0) is 45.6 Å². The quantitative estimate of drug-likeness (QED) is 0.530. The Bertz CT molecular complexity index is 792. The van der Waals surface area contributed by atoms with Gasteiger partial charge in [0, 0.05) is 22.5 Å². The second kappa shape index (κ2) is 9.39. The number of hydrogen-bond donors (Lipinski definition) is 1. The molecule has 0 saturated carbocycles. The van der Waals surface area contributed by atoms with E-state index in [4.69, 9.17) is 9.47 Å². The minimum Gasteiger partial charge on any atom is -0.455 e. The SMILES string of the molecule is O=C(COC(=O)CSc1ccc2ccccc2c1Br)NC[C@H]1CCCO1. The van der Waals surface area contributed by atoms with E-state index in [1.54, 1.807) is 0 Å². The van der Waals surface area contributed by atoms with Gasteiger partial charge >= 0.3 is 5.97 Å². The standard InChI is InChI=1S/C19H20BrNO4S/c20-19-15-6-2-1-4-13(15)7-8-16(19)26-12-18(23)25-11-17(22)21-10-14-5-3-9-24-14/h1-2,4,6-8,14H,3,5,9-12H2,(H,21,22)/t14-/m1/s1. The van der Waals surface area contributed by atoms with Crippen LogP contribution in [0.5, 0.6) is 0 Å². The fourth-order valence-electron chi connectivity index (χ4n) is 2.73. The van der Waals surface area contributed by atoms with Crippen molar-refractivity contribution >= 4 is 50.3 Å². The Kier molecular flexibility index (Phi) is 6.93. The lowest BCUT2D eigenvalue weighted by Gasteiger charge is -2.11. The zero-order valence-electron chi connectivity index (χ0n) is 14.2. The average Bonchev–Trinajstić information content (AvgIpc) is 3.18. The third-order valence-electron chi connectivity index (χ3n) is 4.09. The molecule has 1 aliphatic rings. The van der Waals surface area contributed by atoms with Gasteiger partial charge in [-0.3, -0.25) is 9.59 Å². The van der Waals surface area contributed by atoms with Gasteiger partial charge in [0.2, 0.25) is 0 Å². The molecule has 7 heteroatoms. The Morgan fingerprint density at radius 1 is 1.27 bits per heavy atom. The Labute approximate surface area is 164 Å². The highest BCUT2D eigenvalue weighted by molar-refractivity contribution is 9.10. The maximum absolute atomic E-state index is 11.9. The number of nitrogens with one attached hydrogen (secondary N) is 1. The van der Waals surface area contributed by atoms with Crippen LogP contribution in [0.3, 0.4) is 0 Å². The summed E-state index contributed by atoms with van der Waals surface area (Å²) in [4.78, 5) is 24.6. The predicted molar refractivity (Wildman–Crippen MR) is 105 cm³/mol. The van der Waals surface area contributed by atoms with E-state index in [1.807, 2.05) is 36.4 Å². The maximum atomic E-state index is 11.9. The Morgan fingerprint density at radius 3 is 2.92 bits per heavy atom. The van der Waals surface area contributed by atoms with Crippen molar-refractivity contribution < 1.29 is 19.1 Å². The van der Waals surface area contributed by atoms with Crippen LogP contribution in [0.2, 0.25) is 0 Å². The van der Waals surface area contributed by atoms with E-state index in [0.29, 0.717) is 6.54 Å². The first-order chi connectivity index (χ1) is 12.6. The first-order valence-corrected chi connectivity index (χ1v) is 10.3. The average molecular weight is 438 g/mol. The molecule has 0 unspecified atom stereocenters. The van der Waals surface area contributed by atoms with Crippen molar-refractivity contribution in [2.75, 3.05) is 25.5 Å². The third kappa shape index (κ3) is 5.22. The predicted octanol–water partition coefficient (Wildman–Crippen LogP) is 3.53. The minimum atomic E-state index is -0.415. The molecule has 0 aliphatic carbocycles. The molecule has 1 N–H and O–H groups in total. The number of ether oxygens (including phenoxy) is 2. The lowest BCUT2D eigenvalue weighted by Crippen LogP contribution is -2.35. The molecule has 1 saturated heterocycles. The first kappa shape index (κ1) is 19.2. The molecule has 1 atom stereocenters. The number of halogens is 1. The van der Waals surface area contributed by atoms with Crippen molar-refractivity contribution in [3.8, 4) is 0 Å². The molecule has 0 aromatic heterocycles. The molecule has 1 heterocycles. The molecule has 1 amide bonds. The number of benzene rings is 2. The highest BCUT2D eigenvalue weighted by Gasteiger charge is 2.17. The van der Waals surface area contributed by atoms with Crippen molar-refractivity contribution in [2.45, 2.75) is 23.8 Å². The van der Waals surface area contributed by atoms with Crippen LogP contribution >= 0.6 is 27.7 Å². The second-order valence-corrected chi connectivity index (χ2v) is 7.80. The molecule has 1 fully saturated rings. The molecule has 138 valence electrons. The summed E-state index contributed by atoms with van der Waals surface area (Å²) in [6.07, 6.45) is 2.06. The van der Waals surface area contributed by atoms with Crippen LogP contribution in [0.15, 0.2) is 45.8 Å². The Balaban J connectivity index is 1.42. The van der Waals surface area contributed by atoms with E-state index in [-0.39, 0.29) is 24.4 Å². The van der Waals surface area contributed by atoms with Gasteiger partial charge < -0.3 is 14.8 Å². The summed E-state index contributed by atoms with van der Waals surface area (Å²) in [5.74, 6) is -0.566. The van der Waals surface area contributed by atoms with E-state index in [2.05, 4.69) is 21.2 Å². The molecular formula is C19H20BrNO4S. The van der Waals surface area contributed by atoms with Crippen LogP contribution in [0.4, 0.5) is 0 Å². The van der Waals surface area contributed by atoms with E-state index >= 15 is 0 Å². The number of thioether (sulfide) groups is 1. The van der Waals surface area contributed by atoms with Crippen LogP contribution in [0, 0.1) is 0 Å². The number of carbonyl (C=O) groups is 2. The largest absolute Gasteiger partial charge is 0.455 e. The number of fused-ring (bicyclic) bond motifs is 1. The van der Waals surface area contributed by atoms with Crippen molar-refractivity contribution in [1.82, 2.24) is 5.32 Å². The summed E-state index contributed by atoms with van der Waals surface area (Å²) in [6.45, 7) is 0.956. The summed E-state index contributed by atoms with van der Waals surface area (Å²) in [7, 11) is 0. The van der Waals surface area contributed by atoms with Crippen molar-refractivity contribution in [3.05, 3.63) is 40.9 Å². The topological polar surface area (TPSA) is 64.6 Å². The molecule has 0 bridgehead atoms. The molecule has 3 rings (SSSR count). The summed E-state index contributed by atoms with van der Waals surface area (Å²) >= 11 is 4.98. The summed E-state index contributed by atoms with van der Waals surface area (Å²) in [5, 5.41) is 4.96. The highest BCUT2D eigenvalue weighted by Crippen LogP contribution is 2.34. The maximum Gasteiger partial charge on any atom is 0.316 e. The van der Waals surface area contributed by atoms with Crippen LogP contribution in [0.1, 0.15) is 12.8 Å². The van der Waals surface area contributed by atoms with Gasteiger partial charge in [0.25, 0.3) is 5.91 Å². The van der Waals surface area contributed by atoms with Crippen LogP contribution in [-0.2, 0) is 19.1 Å². The molecular weight excluding hydrogens is 418 g/mol. The summed E-state index contributed by atoms with van der Waals surface area (Å²) < 4.78 is 11.4. The van der Waals surface area contributed by atoms with Crippen molar-refractivity contribution in [2.24, 2.45) is 0 Å². The van der Waals surface area contributed by atoms with Gasteiger partial charge in [0.05, 0.1) is 11.9 Å². The fraction of sp³-hybridized carbons (Fsp3) is 0.368. The van der Waals surface area contributed by atoms with Crippen molar-refractivity contribution in [3.63, 3.8) is 0 Å². The second-order valence-electron chi connectivity index (χ2n) is 5.99. The third-order valence-corrected chi connectivity index (χ3v) is 6.24. The smallest absolute Gasteiger partial charge is 0.316 e. The molecule has 0 spiro atoms. The first-order valence-electron chi connectivity index (χ1n) is 8.47. The summed E-state index contributed by atoms with van der Waals surface area (Å²) in [5.41, 5.74) is 0. The van der Waals surface area contributed by atoms with E-state index in [0.717, 1.165) is 39.6 Å². The number of hydrogen-bond acceptors (Lipinski definition) is 5. The van der Waals surface area contributed by atoms with Crippen LogP contribution < -0.4 is 5.32 Å². The van der Waals surface area contributed by atoms with Gasteiger partial charge in [-0.15, -0.1) is 11.8 Å². The number of carbonyl (C=O) groups excluding carboxylic acids is 2. The fourth-order valence-corrected chi connectivity index (χ4v) is 4.33. The van der Waals surface area contributed by atoms with Crippen LogP contribution in [-0.4, -0.2) is 43.5 Å². The van der Waals surface area contributed by atoms with E-state index < -0.39 is 5.97 Å². The van der Waals surface area contributed by atoms with Gasteiger partial charge in [0.1, 0.15) is 0 Å². The zero-order chi connectivity index (χ0) is 18.4. The monoisotopic (exact) mass is 437 g/mol. The molecule has 1 aliphatic heterocycles. The van der Waals surface area contributed by atoms with Gasteiger partial charge in [-0.1, -0.05) is 30.3 Å². The van der Waals surface area contributed by atoms with E-state index in [1.165, 1.54) is 11.8 Å².